The minimum Gasteiger partial charge on any atom is -0.330 e. The lowest BCUT2D eigenvalue weighted by Gasteiger charge is -1.91. The predicted molar refractivity (Wildman–Crippen MR) is 48.9 cm³/mol. The Balaban J connectivity index is 0. The molecule has 0 aromatic carbocycles. The summed E-state index contributed by atoms with van der Waals surface area (Å²) in [5.41, 5.74) is 5.17. The molecular formula is C7H21NSi. The topological polar surface area (TPSA) is 26.0 Å². The van der Waals surface area contributed by atoms with Crippen LogP contribution in [0.4, 0.5) is 0 Å². The van der Waals surface area contributed by atoms with Crippen molar-refractivity contribution in [2.24, 2.45) is 11.7 Å². The summed E-state index contributed by atoms with van der Waals surface area (Å²) in [6.45, 7) is 7.22. The Kier molecular flexibility index (Phi) is 14.6. The molecule has 0 amide bonds. The van der Waals surface area contributed by atoms with Crippen LogP contribution in [-0.2, 0) is 0 Å². The van der Waals surface area contributed by atoms with Gasteiger partial charge >= 0.3 is 0 Å². The highest BCUT2D eigenvalue weighted by molar-refractivity contribution is 6.08. The Morgan fingerprint density at radius 3 is 1.67 bits per heavy atom. The third-order valence-electron chi connectivity index (χ3n) is 0.971. The first kappa shape index (κ1) is 11.9. The Morgan fingerprint density at radius 1 is 1.44 bits per heavy atom. The van der Waals surface area contributed by atoms with E-state index in [0.29, 0.717) is 5.92 Å². The Bertz CT molecular complexity index is 35.9. The first-order chi connectivity index (χ1) is 4.18. The minimum absolute atomic E-state index is 0.662. The maximum absolute atomic E-state index is 5.17. The average Bonchev–Trinajstić information content (AvgIpc) is 1.89. The molecule has 0 aliphatic carbocycles. The lowest BCUT2D eigenvalue weighted by Crippen LogP contribution is -2.05. The second-order valence-corrected chi connectivity index (χ2v) is 3.63. The highest BCUT2D eigenvalue weighted by Crippen LogP contribution is 1.81. The molecule has 2 N–H and O–H groups in total. The SMILES string of the molecule is CC(C)CN.CCC[SiH3]. The van der Waals surface area contributed by atoms with Crippen molar-refractivity contribution in [1.82, 2.24) is 0 Å². The fourth-order valence-electron chi connectivity index (χ4n) is 0. The Morgan fingerprint density at radius 2 is 1.67 bits per heavy atom. The highest BCUT2D eigenvalue weighted by atomic mass is 28.1. The summed E-state index contributed by atoms with van der Waals surface area (Å²) in [7, 11) is 1.39. The zero-order valence-corrected chi connectivity index (χ0v) is 9.28. The zero-order valence-electron chi connectivity index (χ0n) is 7.28. The molecular weight excluding hydrogens is 126 g/mol. The van der Waals surface area contributed by atoms with E-state index in [0.717, 1.165) is 6.54 Å². The van der Waals surface area contributed by atoms with Gasteiger partial charge in [0.2, 0.25) is 0 Å². The van der Waals surface area contributed by atoms with Gasteiger partial charge in [-0.3, -0.25) is 0 Å². The van der Waals surface area contributed by atoms with Gasteiger partial charge in [0.15, 0.2) is 0 Å². The molecule has 0 saturated heterocycles. The number of nitrogens with two attached hydrogens (primary N) is 1. The number of hydrogen-bond acceptors (Lipinski definition) is 1. The van der Waals surface area contributed by atoms with Gasteiger partial charge in [-0.25, -0.2) is 0 Å². The molecule has 58 valence electrons. The molecule has 0 aliphatic rings. The summed E-state index contributed by atoms with van der Waals surface area (Å²) in [5, 5.41) is 0. The van der Waals surface area contributed by atoms with Crippen molar-refractivity contribution in [3.63, 3.8) is 0 Å². The van der Waals surface area contributed by atoms with E-state index in [9.17, 15) is 0 Å². The van der Waals surface area contributed by atoms with E-state index < -0.39 is 0 Å². The summed E-state index contributed by atoms with van der Waals surface area (Å²) in [6, 6.07) is 1.46. The van der Waals surface area contributed by atoms with Crippen LogP contribution in [0.25, 0.3) is 0 Å². The lowest BCUT2D eigenvalue weighted by molar-refractivity contribution is 0.664. The van der Waals surface area contributed by atoms with Gasteiger partial charge in [-0.05, 0) is 12.5 Å². The summed E-state index contributed by atoms with van der Waals surface area (Å²) in [4.78, 5) is 0. The predicted octanol–water partition coefficient (Wildman–Crippen LogP) is 0.781. The molecule has 9 heavy (non-hydrogen) atoms. The van der Waals surface area contributed by atoms with Crippen LogP contribution in [0, 0.1) is 5.92 Å². The summed E-state index contributed by atoms with van der Waals surface area (Å²) < 4.78 is 0. The fraction of sp³-hybridized carbons (Fsp3) is 1.00. The van der Waals surface area contributed by atoms with Gasteiger partial charge in [0.25, 0.3) is 0 Å². The van der Waals surface area contributed by atoms with Crippen LogP contribution in [0.3, 0.4) is 0 Å². The number of rotatable bonds is 2. The van der Waals surface area contributed by atoms with Gasteiger partial charge in [-0.15, -0.1) is 0 Å². The molecule has 0 aromatic rings. The van der Waals surface area contributed by atoms with Crippen molar-refractivity contribution in [1.29, 1.82) is 0 Å². The second-order valence-electron chi connectivity index (χ2n) is 2.63. The van der Waals surface area contributed by atoms with Crippen LogP contribution in [0.15, 0.2) is 0 Å². The molecule has 0 bridgehead atoms. The van der Waals surface area contributed by atoms with E-state index in [2.05, 4.69) is 20.8 Å². The van der Waals surface area contributed by atoms with Crippen LogP contribution >= 0.6 is 0 Å². The maximum atomic E-state index is 5.17. The molecule has 2 heteroatoms. The van der Waals surface area contributed by atoms with Gasteiger partial charge in [0.05, 0.1) is 0 Å². The fourth-order valence-corrected chi connectivity index (χ4v) is 0. The van der Waals surface area contributed by atoms with E-state index in [1.54, 1.807) is 0 Å². The van der Waals surface area contributed by atoms with E-state index in [1.807, 2.05) is 0 Å². The van der Waals surface area contributed by atoms with Gasteiger partial charge in [0.1, 0.15) is 0 Å². The van der Waals surface area contributed by atoms with E-state index in [4.69, 9.17) is 5.73 Å². The monoisotopic (exact) mass is 147 g/mol. The van der Waals surface area contributed by atoms with Crippen LogP contribution in [0.2, 0.25) is 6.04 Å². The van der Waals surface area contributed by atoms with Crippen LogP contribution in [0.5, 0.6) is 0 Å². The minimum atomic E-state index is 0.662. The normalized spacial score (nSPS) is 9.00. The maximum Gasteiger partial charge on any atom is 0.00278 e. The van der Waals surface area contributed by atoms with Gasteiger partial charge in [-0.1, -0.05) is 33.2 Å². The Hall–Kier alpha value is 0.177. The van der Waals surface area contributed by atoms with Crippen LogP contribution < -0.4 is 5.73 Å². The molecule has 0 aromatic heterocycles. The van der Waals surface area contributed by atoms with Crippen LogP contribution in [-0.4, -0.2) is 16.8 Å². The average molecular weight is 147 g/mol. The second kappa shape index (κ2) is 11.0. The van der Waals surface area contributed by atoms with Crippen molar-refractivity contribution in [3.8, 4) is 0 Å². The molecule has 0 radical (unpaired) electrons. The molecule has 0 saturated carbocycles. The van der Waals surface area contributed by atoms with E-state index >= 15 is 0 Å². The Labute approximate surface area is 62.4 Å². The van der Waals surface area contributed by atoms with E-state index in [1.165, 1.54) is 22.7 Å². The van der Waals surface area contributed by atoms with Crippen LogP contribution in [0.1, 0.15) is 27.2 Å². The van der Waals surface area contributed by atoms with Crippen molar-refractivity contribution < 1.29 is 0 Å². The van der Waals surface area contributed by atoms with Crippen molar-refractivity contribution >= 4 is 10.2 Å². The van der Waals surface area contributed by atoms with Gasteiger partial charge in [0, 0.05) is 10.2 Å². The van der Waals surface area contributed by atoms with Crippen molar-refractivity contribution in [2.75, 3.05) is 6.54 Å². The highest BCUT2D eigenvalue weighted by Gasteiger charge is 1.80. The molecule has 0 unspecified atom stereocenters. The summed E-state index contributed by atoms with van der Waals surface area (Å²) in [6.07, 6.45) is 1.38. The summed E-state index contributed by atoms with van der Waals surface area (Å²) in [5.74, 6) is 0.662. The lowest BCUT2D eigenvalue weighted by atomic mass is 10.2. The smallest absolute Gasteiger partial charge is 0.00278 e. The third-order valence-corrected chi connectivity index (χ3v) is 1.97. The first-order valence-corrected chi connectivity index (χ1v) is 5.30. The summed E-state index contributed by atoms with van der Waals surface area (Å²) >= 11 is 0. The molecule has 0 fully saturated rings. The van der Waals surface area contributed by atoms with Crippen molar-refractivity contribution in [2.45, 2.75) is 33.2 Å². The van der Waals surface area contributed by atoms with Crippen molar-refractivity contribution in [3.05, 3.63) is 0 Å². The molecule has 0 heterocycles. The van der Waals surface area contributed by atoms with E-state index in [-0.39, 0.29) is 0 Å². The molecule has 0 spiro atoms. The number of hydrogen-bond donors (Lipinski definition) is 1. The molecule has 0 aliphatic heterocycles. The zero-order chi connectivity index (χ0) is 7.70. The molecule has 0 atom stereocenters. The molecule has 0 rings (SSSR count). The van der Waals surface area contributed by atoms with Gasteiger partial charge < -0.3 is 5.73 Å². The molecule has 1 nitrogen and oxygen atoms in total. The standard InChI is InChI=1S/C4H11N.C3H10Si/c1-4(2)3-5;1-2-3-4/h4H,3,5H2,1-2H3;2-3H2,1,4H3. The van der Waals surface area contributed by atoms with Gasteiger partial charge in [-0.2, -0.15) is 0 Å². The largest absolute Gasteiger partial charge is 0.330 e. The third kappa shape index (κ3) is 30.9. The quantitative estimate of drug-likeness (QED) is 0.574. The first-order valence-electron chi connectivity index (χ1n) is 3.89.